The zero-order valence-electron chi connectivity index (χ0n) is 11.7. The van der Waals surface area contributed by atoms with E-state index < -0.39 is 11.4 Å². The van der Waals surface area contributed by atoms with Crippen LogP contribution in [0.4, 0.5) is 10.2 Å². The molecule has 0 aliphatic carbocycles. The topological polar surface area (TPSA) is 88.2 Å². The summed E-state index contributed by atoms with van der Waals surface area (Å²) in [7, 11) is 0. The first-order valence-corrected chi connectivity index (χ1v) is 6.32. The van der Waals surface area contributed by atoms with Gasteiger partial charge in [0.1, 0.15) is 11.4 Å². The summed E-state index contributed by atoms with van der Waals surface area (Å²) in [5.74, 6) is -0.952. The molecule has 0 unspecified atom stereocenters. The summed E-state index contributed by atoms with van der Waals surface area (Å²) in [6.07, 6.45) is 1.48. The zero-order chi connectivity index (χ0) is 15.6. The fraction of sp³-hybridized carbons (Fsp3) is 0.200. The Morgan fingerprint density at radius 3 is 2.62 bits per heavy atom. The molecule has 2 rings (SSSR count). The van der Waals surface area contributed by atoms with Crippen molar-refractivity contribution in [3.05, 3.63) is 42.3 Å². The summed E-state index contributed by atoms with van der Waals surface area (Å²) in [6, 6.07) is 7.41. The number of anilines is 1. The SMILES string of the molecule is CC(C)(Nc1ncc(-c2cccc(F)c2)cc1O)C(N)=O. The fourth-order valence-corrected chi connectivity index (χ4v) is 1.73. The lowest BCUT2D eigenvalue weighted by Gasteiger charge is -2.23. The van der Waals surface area contributed by atoms with Crippen molar-refractivity contribution in [3.8, 4) is 16.9 Å². The molecule has 0 atom stereocenters. The van der Waals surface area contributed by atoms with Crippen LogP contribution in [0.2, 0.25) is 0 Å². The second-order valence-electron chi connectivity index (χ2n) is 5.22. The second kappa shape index (κ2) is 5.40. The van der Waals surface area contributed by atoms with Gasteiger partial charge in [-0.25, -0.2) is 9.37 Å². The maximum absolute atomic E-state index is 13.2. The second-order valence-corrected chi connectivity index (χ2v) is 5.22. The van der Waals surface area contributed by atoms with Crippen LogP contribution in [0.15, 0.2) is 36.5 Å². The van der Waals surface area contributed by atoms with Crippen molar-refractivity contribution in [2.24, 2.45) is 5.73 Å². The average molecular weight is 289 g/mol. The number of nitrogens with two attached hydrogens (primary N) is 1. The van der Waals surface area contributed by atoms with Gasteiger partial charge in [-0.15, -0.1) is 0 Å². The van der Waals surface area contributed by atoms with E-state index in [1.165, 1.54) is 24.4 Å². The molecule has 0 fully saturated rings. The first kappa shape index (κ1) is 14.8. The highest BCUT2D eigenvalue weighted by Crippen LogP contribution is 2.29. The van der Waals surface area contributed by atoms with Gasteiger partial charge >= 0.3 is 0 Å². The molecule has 1 amide bonds. The molecule has 5 nitrogen and oxygen atoms in total. The van der Waals surface area contributed by atoms with Gasteiger partial charge in [-0.3, -0.25) is 4.79 Å². The van der Waals surface area contributed by atoms with Crippen molar-refractivity contribution >= 4 is 11.7 Å². The van der Waals surface area contributed by atoms with Crippen molar-refractivity contribution in [3.63, 3.8) is 0 Å². The largest absolute Gasteiger partial charge is 0.504 e. The van der Waals surface area contributed by atoms with E-state index in [0.29, 0.717) is 11.1 Å². The molecule has 1 aromatic carbocycles. The molecule has 110 valence electrons. The molecule has 21 heavy (non-hydrogen) atoms. The highest BCUT2D eigenvalue weighted by Gasteiger charge is 2.26. The van der Waals surface area contributed by atoms with Crippen molar-refractivity contribution in [1.82, 2.24) is 4.98 Å². The maximum Gasteiger partial charge on any atom is 0.242 e. The van der Waals surface area contributed by atoms with Crippen LogP contribution < -0.4 is 11.1 Å². The Kier molecular flexibility index (Phi) is 3.80. The number of carbonyl (C=O) groups is 1. The number of benzene rings is 1. The van der Waals surface area contributed by atoms with Crippen LogP contribution in [0, 0.1) is 5.82 Å². The first-order valence-electron chi connectivity index (χ1n) is 6.32. The Bertz CT molecular complexity index is 686. The van der Waals surface area contributed by atoms with Crippen molar-refractivity contribution in [2.45, 2.75) is 19.4 Å². The van der Waals surface area contributed by atoms with Crippen molar-refractivity contribution in [1.29, 1.82) is 0 Å². The molecule has 2 aromatic rings. The number of halogens is 1. The summed E-state index contributed by atoms with van der Waals surface area (Å²) >= 11 is 0. The smallest absolute Gasteiger partial charge is 0.242 e. The lowest BCUT2D eigenvalue weighted by atomic mass is 10.0. The summed E-state index contributed by atoms with van der Waals surface area (Å²) in [4.78, 5) is 15.3. The standard InChI is InChI=1S/C15H16FN3O2/c1-15(2,14(17)21)19-13-12(20)7-10(8-18-13)9-4-3-5-11(16)6-9/h3-8,20H,1-2H3,(H2,17,21)(H,18,19). The number of aromatic nitrogens is 1. The number of hydrogen-bond donors (Lipinski definition) is 3. The third kappa shape index (κ3) is 3.28. The van der Waals surface area contributed by atoms with Gasteiger partial charge in [0.2, 0.25) is 5.91 Å². The minimum Gasteiger partial charge on any atom is -0.504 e. The number of carbonyl (C=O) groups excluding carboxylic acids is 1. The highest BCUT2D eigenvalue weighted by atomic mass is 19.1. The lowest BCUT2D eigenvalue weighted by Crippen LogP contribution is -2.45. The number of rotatable bonds is 4. The lowest BCUT2D eigenvalue weighted by molar-refractivity contribution is -0.121. The van der Waals surface area contributed by atoms with Crippen molar-refractivity contribution < 1.29 is 14.3 Å². The van der Waals surface area contributed by atoms with Crippen molar-refractivity contribution in [2.75, 3.05) is 5.32 Å². The van der Waals surface area contributed by atoms with Crippen LogP contribution in [-0.2, 0) is 4.79 Å². The van der Waals surface area contributed by atoms with Crippen LogP contribution in [-0.4, -0.2) is 21.5 Å². The molecular weight excluding hydrogens is 273 g/mol. The van der Waals surface area contributed by atoms with E-state index in [0.717, 1.165) is 0 Å². The molecular formula is C15H16FN3O2. The number of amides is 1. The van der Waals surface area contributed by atoms with Gasteiger partial charge in [-0.1, -0.05) is 12.1 Å². The average Bonchev–Trinajstić information content (AvgIpc) is 2.40. The Hall–Kier alpha value is -2.63. The third-order valence-corrected chi connectivity index (χ3v) is 3.07. The zero-order valence-corrected chi connectivity index (χ0v) is 11.7. The molecule has 4 N–H and O–H groups in total. The number of pyridine rings is 1. The number of nitrogens with one attached hydrogen (secondary N) is 1. The van der Waals surface area contributed by atoms with Gasteiger partial charge < -0.3 is 16.2 Å². The van der Waals surface area contributed by atoms with Gasteiger partial charge in [0.15, 0.2) is 11.6 Å². The molecule has 0 radical (unpaired) electrons. The van der Waals surface area contributed by atoms with Gasteiger partial charge in [0.05, 0.1) is 0 Å². The Balaban J connectivity index is 2.32. The monoisotopic (exact) mass is 289 g/mol. The van der Waals surface area contributed by atoms with Crippen LogP contribution in [0.3, 0.4) is 0 Å². The van der Waals surface area contributed by atoms with Gasteiger partial charge in [0.25, 0.3) is 0 Å². The maximum atomic E-state index is 13.2. The minimum absolute atomic E-state index is 0.138. The molecule has 6 heteroatoms. The Morgan fingerprint density at radius 1 is 1.33 bits per heavy atom. The number of aromatic hydroxyl groups is 1. The van der Waals surface area contributed by atoms with Gasteiger partial charge in [-0.2, -0.15) is 0 Å². The number of primary amides is 1. The molecule has 0 bridgehead atoms. The predicted molar refractivity (Wildman–Crippen MR) is 78.2 cm³/mol. The Labute approximate surface area is 121 Å². The minimum atomic E-state index is -1.05. The van der Waals surface area contributed by atoms with E-state index in [1.807, 2.05) is 0 Å². The predicted octanol–water partition coefficient (Wildman–Crippen LogP) is 2.27. The Morgan fingerprint density at radius 2 is 2.05 bits per heavy atom. The molecule has 0 spiro atoms. The summed E-state index contributed by atoms with van der Waals surface area (Å²) in [5, 5.41) is 12.8. The summed E-state index contributed by atoms with van der Waals surface area (Å²) in [5.41, 5.74) is 5.36. The molecule has 1 heterocycles. The first-order chi connectivity index (χ1) is 9.79. The van der Waals surface area contributed by atoms with Crippen LogP contribution in [0.25, 0.3) is 11.1 Å². The van der Waals surface area contributed by atoms with Gasteiger partial charge in [0, 0.05) is 11.8 Å². The summed E-state index contributed by atoms with van der Waals surface area (Å²) < 4.78 is 13.2. The molecule has 0 aliphatic rings. The third-order valence-electron chi connectivity index (χ3n) is 3.07. The number of hydrogen-bond acceptors (Lipinski definition) is 4. The quantitative estimate of drug-likeness (QED) is 0.805. The van der Waals surface area contributed by atoms with E-state index in [1.54, 1.807) is 26.0 Å². The molecule has 0 aliphatic heterocycles. The normalized spacial score (nSPS) is 11.2. The molecule has 0 saturated carbocycles. The molecule has 0 saturated heterocycles. The van der Waals surface area contributed by atoms with E-state index in [-0.39, 0.29) is 17.4 Å². The van der Waals surface area contributed by atoms with Crippen LogP contribution >= 0.6 is 0 Å². The van der Waals surface area contributed by atoms with E-state index >= 15 is 0 Å². The molecule has 1 aromatic heterocycles. The fourth-order valence-electron chi connectivity index (χ4n) is 1.73. The number of nitrogens with zero attached hydrogens (tertiary/aromatic N) is 1. The highest BCUT2D eigenvalue weighted by molar-refractivity contribution is 5.87. The summed E-state index contributed by atoms with van der Waals surface area (Å²) in [6.45, 7) is 3.16. The van der Waals surface area contributed by atoms with E-state index in [2.05, 4.69) is 10.3 Å². The van der Waals surface area contributed by atoms with Crippen LogP contribution in [0.5, 0.6) is 5.75 Å². The van der Waals surface area contributed by atoms with E-state index in [9.17, 15) is 14.3 Å². The van der Waals surface area contributed by atoms with Crippen LogP contribution in [0.1, 0.15) is 13.8 Å². The van der Waals surface area contributed by atoms with E-state index in [4.69, 9.17) is 5.73 Å². The van der Waals surface area contributed by atoms with Gasteiger partial charge in [-0.05, 0) is 37.6 Å².